The zero-order chi connectivity index (χ0) is 12.4. The topological polar surface area (TPSA) is 23.6 Å². The van der Waals surface area contributed by atoms with Crippen LogP contribution in [-0.2, 0) is 4.79 Å². The van der Waals surface area contributed by atoms with Gasteiger partial charge in [0, 0.05) is 19.8 Å². The molecule has 0 atom stereocenters. The molecule has 6 heteroatoms. The lowest BCUT2D eigenvalue weighted by Gasteiger charge is -2.09. The maximum absolute atomic E-state index is 11.9. The predicted molar refractivity (Wildman–Crippen MR) is 78.2 cm³/mol. The second-order valence-corrected chi connectivity index (χ2v) is 6.07. The summed E-state index contributed by atoms with van der Waals surface area (Å²) in [5, 5.41) is 3.11. The van der Waals surface area contributed by atoms with Gasteiger partial charge in [-0.3, -0.25) is 9.69 Å². The van der Waals surface area contributed by atoms with Crippen LogP contribution in [0.4, 0.5) is 0 Å². The quantitative estimate of drug-likeness (QED) is 0.573. The molecule has 3 nitrogen and oxygen atoms in total. The van der Waals surface area contributed by atoms with Gasteiger partial charge in [0.1, 0.15) is 4.32 Å². The van der Waals surface area contributed by atoms with Crippen LogP contribution in [0.1, 0.15) is 6.92 Å². The van der Waals surface area contributed by atoms with Gasteiger partial charge in [0.15, 0.2) is 0 Å². The summed E-state index contributed by atoms with van der Waals surface area (Å²) in [6, 6.07) is 0. The van der Waals surface area contributed by atoms with Crippen molar-refractivity contribution in [3.8, 4) is 0 Å². The number of thioether (sulfide) groups is 2. The van der Waals surface area contributed by atoms with Gasteiger partial charge in [-0.25, -0.2) is 0 Å². The summed E-state index contributed by atoms with van der Waals surface area (Å²) in [5.74, 6) is 0.0120. The van der Waals surface area contributed by atoms with Gasteiger partial charge in [0.05, 0.1) is 9.93 Å². The first-order valence-electron chi connectivity index (χ1n) is 5.15. The Balaban J connectivity index is 2.14. The van der Waals surface area contributed by atoms with Crippen LogP contribution in [0.3, 0.4) is 0 Å². The first kappa shape index (κ1) is 12.7. The minimum absolute atomic E-state index is 0.0120. The van der Waals surface area contributed by atoms with Crippen LogP contribution in [0.15, 0.2) is 33.7 Å². The summed E-state index contributed by atoms with van der Waals surface area (Å²) in [6.45, 7) is 2.56. The molecule has 1 fully saturated rings. The van der Waals surface area contributed by atoms with Crippen molar-refractivity contribution >= 4 is 46.0 Å². The predicted octanol–water partition coefficient (Wildman–Crippen LogP) is 2.74. The first-order chi connectivity index (χ1) is 8.13. The van der Waals surface area contributed by atoms with E-state index in [0.29, 0.717) is 15.8 Å². The number of nitrogens with zero attached hydrogens (tertiary/aromatic N) is 2. The Labute approximate surface area is 115 Å². The Hall–Kier alpha value is -0.720. The molecule has 2 heterocycles. The molecule has 0 aromatic carbocycles. The Morgan fingerprint density at radius 2 is 2.24 bits per heavy atom. The minimum Gasteiger partial charge on any atom is -0.345 e. The molecule has 0 radical (unpaired) electrons. The molecule has 1 amide bonds. The van der Waals surface area contributed by atoms with Crippen molar-refractivity contribution < 1.29 is 4.79 Å². The summed E-state index contributed by atoms with van der Waals surface area (Å²) < 4.78 is 0.646. The van der Waals surface area contributed by atoms with Crippen molar-refractivity contribution in [1.29, 1.82) is 0 Å². The van der Waals surface area contributed by atoms with Crippen LogP contribution in [0.5, 0.6) is 0 Å². The van der Waals surface area contributed by atoms with Crippen LogP contribution in [0, 0.1) is 0 Å². The molecule has 0 spiro atoms. The Morgan fingerprint density at radius 1 is 1.47 bits per heavy atom. The molecule has 17 heavy (non-hydrogen) atoms. The van der Waals surface area contributed by atoms with Crippen molar-refractivity contribution in [3.63, 3.8) is 0 Å². The molecular formula is C11H12N2OS3. The Bertz CT molecular complexity index is 454. The third-order valence-corrected chi connectivity index (χ3v) is 4.71. The molecule has 90 valence electrons. The van der Waals surface area contributed by atoms with Gasteiger partial charge in [0.2, 0.25) is 0 Å². The highest BCUT2D eigenvalue weighted by Crippen LogP contribution is 2.32. The van der Waals surface area contributed by atoms with Gasteiger partial charge < -0.3 is 4.90 Å². The molecule has 2 rings (SSSR count). The van der Waals surface area contributed by atoms with E-state index in [1.807, 2.05) is 42.6 Å². The highest BCUT2D eigenvalue weighted by Gasteiger charge is 2.30. The first-order valence-corrected chi connectivity index (χ1v) is 7.25. The molecule has 2 aliphatic heterocycles. The van der Waals surface area contributed by atoms with Crippen LogP contribution in [0.25, 0.3) is 0 Å². The molecule has 0 aromatic rings. The number of hydrogen-bond donors (Lipinski definition) is 0. The van der Waals surface area contributed by atoms with Crippen molar-refractivity contribution in [2.75, 3.05) is 13.6 Å². The monoisotopic (exact) mass is 284 g/mol. The molecule has 0 bridgehead atoms. The van der Waals surface area contributed by atoms with E-state index < -0.39 is 0 Å². The molecule has 0 N–H and O–H groups in total. The fraction of sp³-hybridized carbons (Fsp3) is 0.273. The average Bonchev–Trinajstić information content (AvgIpc) is 2.81. The number of thiocarbonyl (C=S) groups is 1. The molecular weight excluding hydrogens is 272 g/mol. The lowest BCUT2D eigenvalue weighted by atomic mass is 10.4. The largest absolute Gasteiger partial charge is 0.345 e. The highest BCUT2D eigenvalue weighted by atomic mass is 32.2. The number of amides is 1. The molecule has 2 aliphatic rings. The van der Waals surface area contributed by atoms with Gasteiger partial charge in [-0.2, -0.15) is 0 Å². The summed E-state index contributed by atoms with van der Waals surface area (Å²) in [5.41, 5.74) is 0. The van der Waals surface area contributed by atoms with E-state index >= 15 is 0 Å². The number of likely N-dealkylation sites (N-methyl/N-ethyl adjacent to an activating group) is 1. The van der Waals surface area contributed by atoms with Gasteiger partial charge in [0.25, 0.3) is 5.91 Å². The number of carbonyl (C=O) groups is 1. The van der Waals surface area contributed by atoms with Crippen molar-refractivity contribution in [1.82, 2.24) is 9.80 Å². The van der Waals surface area contributed by atoms with Gasteiger partial charge in [-0.15, -0.1) is 0 Å². The van der Waals surface area contributed by atoms with E-state index in [9.17, 15) is 4.79 Å². The maximum atomic E-state index is 11.9. The molecule has 0 unspecified atom stereocenters. The van der Waals surface area contributed by atoms with E-state index in [-0.39, 0.29) is 5.91 Å². The van der Waals surface area contributed by atoms with Crippen molar-refractivity contribution in [2.24, 2.45) is 0 Å². The molecule has 0 saturated carbocycles. The lowest BCUT2D eigenvalue weighted by molar-refractivity contribution is -0.122. The maximum Gasteiger partial charge on any atom is 0.266 e. The number of rotatable bonds is 2. The van der Waals surface area contributed by atoms with Gasteiger partial charge in [-0.1, -0.05) is 35.7 Å². The van der Waals surface area contributed by atoms with E-state index in [2.05, 4.69) is 0 Å². The molecule has 1 saturated heterocycles. The Kier molecular flexibility index (Phi) is 3.96. The third kappa shape index (κ3) is 2.59. The summed E-state index contributed by atoms with van der Waals surface area (Å²) >= 11 is 8.15. The number of allylic oxidation sites excluding steroid dienone is 2. The summed E-state index contributed by atoms with van der Waals surface area (Å²) in [6.07, 6.45) is 5.79. The SMILES string of the molecule is CCN1C(=O)/C(=C\C=C2\SC=CN2C)SC1=S. The van der Waals surface area contributed by atoms with Crippen molar-refractivity contribution in [2.45, 2.75) is 6.92 Å². The minimum atomic E-state index is 0.0120. The van der Waals surface area contributed by atoms with E-state index in [1.165, 1.54) is 11.8 Å². The van der Waals surface area contributed by atoms with Crippen molar-refractivity contribution in [3.05, 3.63) is 33.7 Å². The van der Waals surface area contributed by atoms with Gasteiger partial charge >= 0.3 is 0 Å². The standard InChI is InChI=1S/C11H12N2OS3/c1-3-13-10(14)8(17-11(13)15)4-5-9-12(2)6-7-16-9/h4-7H,3H2,1-2H3/b8-4+,9-5+. The zero-order valence-electron chi connectivity index (χ0n) is 9.54. The van der Waals surface area contributed by atoms with E-state index in [4.69, 9.17) is 12.2 Å². The second kappa shape index (κ2) is 5.29. The lowest BCUT2D eigenvalue weighted by Crippen LogP contribution is -2.27. The van der Waals surface area contributed by atoms with Crippen LogP contribution in [-0.4, -0.2) is 33.6 Å². The van der Waals surface area contributed by atoms with Crippen LogP contribution >= 0.6 is 35.7 Å². The number of carbonyl (C=O) groups excluding carboxylic acids is 1. The Morgan fingerprint density at radius 3 is 2.76 bits per heavy atom. The molecule has 0 aromatic heterocycles. The van der Waals surface area contributed by atoms with Crippen LogP contribution < -0.4 is 0 Å². The third-order valence-electron chi connectivity index (χ3n) is 2.39. The van der Waals surface area contributed by atoms with E-state index in [1.54, 1.807) is 16.7 Å². The fourth-order valence-corrected chi connectivity index (χ4v) is 3.52. The van der Waals surface area contributed by atoms with Crippen LogP contribution in [0.2, 0.25) is 0 Å². The van der Waals surface area contributed by atoms with E-state index in [0.717, 1.165) is 5.03 Å². The smallest absolute Gasteiger partial charge is 0.266 e. The highest BCUT2D eigenvalue weighted by molar-refractivity contribution is 8.26. The average molecular weight is 284 g/mol. The normalized spacial score (nSPS) is 24.8. The summed E-state index contributed by atoms with van der Waals surface area (Å²) in [4.78, 5) is 16.3. The van der Waals surface area contributed by atoms with Gasteiger partial charge in [-0.05, 0) is 24.5 Å². The fourth-order valence-electron chi connectivity index (χ4n) is 1.44. The molecule has 0 aliphatic carbocycles. The summed E-state index contributed by atoms with van der Waals surface area (Å²) in [7, 11) is 1.98. The zero-order valence-corrected chi connectivity index (χ0v) is 12.0. The number of hydrogen-bond acceptors (Lipinski definition) is 5. The second-order valence-electron chi connectivity index (χ2n) is 3.47.